The monoisotopic (exact) mass is 342 g/mol. The van der Waals surface area contributed by atoms with Crippen LogP contribution in [0.2, 0.25) is 10.0 Å². The zero-order valence-corrected chi connectivity index (χ0v) is 13.5. The summed E-state index contributed by atoms with van der Waals surface area (Å²) in [5.41, 5.74) is 1.55. The Hall–Kier alpha value is -2.36. The van der Waals surface area contributed by atoms with Gasteiger partial charge in [-0.15, -0.1) is 0 Å². The predicted molar refractivity (Wildman–Crippen MR) is 95.9 cm³/mol. The number of carbonyl (C=O) groups excluding carboxylic acids is 1. The number of aromatic nitrogens is 1. The van der Waals surface area contributed by atoms with Crippen LogP contribution in [0, 0.1) is 0 Å². The first-order valence-electron chi connectivity index (χ1n) is 6.90. The van der Waals surface area contributed by atoms with Crippen molar-refractivity contribution in [3.05, 3.63) is 76.5 Å². The first-order chi connectivity index (χ1) is 11.1. The summed E-state index contributed by atoms with van der Waals surface area (Å²) in [6.07, 6.45) is 6.60. The normalized spacial score (nSPS) is 11.0. The van der Waals surface area contributed by atoms with Crippen molar-refractivity contribution in [2.75, 3.05) is 5.32 Å². The average Bonchev–Trinajstić information content (AvgIpc) is 2.56. The quantitative estimate of drug-likeness (QED) is 0.665. The Morgan fingerprint density at radius 1 is 1.09 bits per heavy atom. The number of fused-ring (bicyclic) bond motifs is 1. The van der Waals surface area contributed by atoms with E-state index in [0.717, 1.165) is 22.0 Å². The van der Waals surface area contributed by atoms with Crippen LogP contribution in [0.25, 0.3) is 16.8 Å². The van der Waals surface area contributed by atoms with Gasteiger partial charge in [-0.2, -0.15) is 0 Å². The lowest BCUT2D eigenvalue weighted by molar-refractivity contribution is -0.111. The summed E-state index contributed by atoms with van der Waals surface area (Å²) in [5, 5.41) is 5.72. The highest BCUT2D eigenvalue weighted by Gasteiger charge is 2.03. The smallest absolute Gasteiger partial charge is 0.248 e. The van der Waals surface area contributed by atoms with Gasteiger partial charge >= 0.3 is 0 Å². The maximum Gasteiger partial charge on any atom is 0.248 e. The Bertz CT molecular complexity index is 901. The Kier molecular flexibility index (Phi) is 4.60. The minimum atomic E-state index is -0.222. The second kappa shape index (κ2) is 6.82. The number of rotatable bonds is 3. The molecule has 0 aliphatic rings. The van der Waals surface area contributed by atoms with Crippen LogP contribution in [0.5, 0.6) is 0 Å². The summed E-state index contributed by atoms with van der Waals surface area (Å²) >= 11 is 11.8. The topological polar surface area (TPSA) is 42.0 Å². The van der Waals surface area contributed by atoms with Crippen molar-refractivity contribution in [2.45, 2.75) is 0 Å². The van der Waals surface area contributed by atoms with Crippen molar-refractivity contribution < 1.29 is 4.79 Å². The van der Waals surface area contributed by atoms with Crippen LogP contribution < -0.4 is 5.32 Å². The molecule has 0 spiro atoms. The van der Waals surface area contributed by atoms with Gasteiger partial charge in [0.1, 0.15) is 0 Å². The van der Waals surface area contributed by atoms with Crippen molar-refractivity contribution >= 4 is 51.6 Å². The zero-order chi connectivity index (χ0) is 16.2. The van der Waals surface area contributed by atoms with E-state index in [0.29, 0.717) is 10.0 Å². The lowest BCUT2D eigenvalue weighted by Crippen LogP contribution is -2.08. The lowest BCUT2D eigenvalue weighted by Gasteiger charge is -2.06. The molecule has 3 nitrogen and oxygen atoms in total. The van der Waals surface area contributed by atoms with Gasteiger partial charge in [-0.1, -0.05) is 41.4 Å². The number of benzene rings is 2. The van der Waals surface area contributed by atoms with Crippen LogP contribution >= 0.6 is 23.2 Å². The van der Waals surface area contributed by atoms with Gasteiger partial charge in [0.25, 0.3) is 0 Å². The minimum Gasteiger partial charge on any atom is -0.322 e. The molecule has 0 atom stereocenters. The Labute approximate surface area is 143 Å². The van der Waals surface area contributed by atoms with Gasteiger partial charge in [-0.3, -0.25) is 9.78 Å². The van der Waals surface area contributed by atoms with Gasteiger partial charge in [0.15, 0.2) is 0 Å². The van der Waals surface area contributed by atoms with Crippen molar-refractivity contribution in [1.82, 2.24) is 4.98 Å². The van der Waals surface area contributed by atoms with Gasteiger partial charge in [-0.25, -0.2) is 0 Å². The molecule has 0 unspecified atom stereocenters. The molecule has 114 valence electrons. The van der Waals surface area contributed by atoms with E-state index in [1.54, 1.807) is 36.7 Å². The number of anilines is 1. The molecule has 1 heterocycles. The molecule has 1 amide bonds. The summed E-state index contributed by atoms with van der Waals surface area (Å²) in [6, 6.07) is 12.7. The lowest BCUT2D eigenvalue weighted by atomic mass is 10.1. The highest BCUT2D eigenvalue weighted by Crippen LogP contribution is 2.24. The van der Waals surface area contributed by atoms with Crippen LogP contribution in [0.4, 0.5) is 5.69 Å². The number of amides is 1. The fourth-order valence-corrected chi connectivity index (χ4v) is 2.50. The van der Waals surface area contributed by atoms with Crippen LogP contribution in [-0.4, -0.2) is 10.9 Å². The van der Waals surface area contributed by atoms with Gasteiger partial charge < -0.3 is 5.32 Å². The maximum absolute atomic E-state index is 12.1. The molecule has 0 radical (unpaired) electrons. The molecule has 0 fully saturated rings. The average molecular weight is 343 g/mol. The summed E-state index contributed by atoms with van der Waals surface area (Å²) in [7, 11) is 0. The third kappa shape index (κ3) is 3.70. The third-order valence-electron chi connectivity index (χ3n) is 3.31. The molecule has 0 saturated heterocycles. The van der Waals surface area contributed by atoms with Crippen molar-refractivity contribution in [3.8, 4) is 0 Å². The number of hydrogen-bond donors (Lipinski definition) is 1. The molecule has 1 N–H and O–H groups in total. The number of nitrogens with one attached hydrogen (secondary N) is 1. The molecule has 3 rings (SSSR count). The van der Waals surface area contributed by atoms with E-state index in [-0.39, 0.29) is 5.91 Å². The molecule has 1 aromatic heterocycles. The van der Waals surface area contributed by atoms with Crippen LogP contribution in [-0.2, 0) is 4.79 Å². The van der Waals surface area contributed by atoms with E-state index in [2.05, 4.69) is 10.3 Å². The second-order valence-electron chi connectivity index (χ2n) is 4.90. The Morgan fingerprint density at radius 3 is 2.78 bits per heavy atom. The van der Waals surface area contributed by atoms with E-state index in [1.165, 1.54) is 6.08 Å². The van der Waals surface area contributed by atoms with Crippen LogP contribution in [0.15, 0.2) is 60.9 Å². The van der Waals surface area contributed by atoms with Gasteiger partial charge in [0.2, 0.25) is 5.91 Å². The summed E-state index contributed by atoms with van der Waals surface area (Å²) in [5.74, 6) is -0.222. The SMILES string of the molecule is O=C(/C=C/c1ccc(Cl)c(Cl)c1)Nc1cccc2cnccc12. The van der Waals surface area contributed by atoms with E-state index in [9.17, 15) is 4.79 Å². The summed E-state index contributed by atoms with van der Waals surface area (Å²) in [4.78, 5) is 16.2. The molecule has 0 aliphatic heterocycles. The van der Waals surface area contributed by atoms with Crippen molar-refractivity contribution in [2.24, 2.45) is 0 Å². The summed E-state index contributed by atoms with van der Waals surface area (Å²) < 4.78 is 0. The van der Waals surface area contributed by atoms with Crippen molar-refractivity contribution in [1.29, 1.82) is 0 Å². The van der Waals surface area contributed by atoms with E-state index in [4.69, 9.17) is 23.2 Å². The highest BCUT2D eigenvalue weighted by molar-refractivity contribution is 6.42. The first-order valence-corrected chi connectivity index (χ1v) is 7.66. The van der Waals surface area contributed by atoms with E-state index >= 15 is 0 Å². The van der Waals surface area contributed by atoms with Gasteiger partial charge in [-0.05, 0) is 35.9 Å². The van der Waals surface area contributed by atoms with Crippen LogP contribution in [0.3, 0.4) is 0 Å². The molecule has 23 heavy (non-hydrogen) atoms. The number of nitrogens with zero attached hydrogens (tertiary/aromatic N) is 1. The number of halogens is 2. The molecule has 3 aromatic rings. The molecule has 0 bridgehead atoms. The largest absolute Gasteiger partial charge is 0.322 e. The highest BCUT2D eigenvalue weighted by atomic mass is 35.5. The Morgan fingerprint density at radius 2 is 1.96 bits per heavy atom. The molecule has 2 aromatic carbocycles. The first kappa shape index (κ1) is 15.5. The number of pyridine rings is 1. The Balaban J connectivity index is 1.78. The third-order valence-corrected chi connectivity index (χ3v) is 4.05. The fraction of sp³-hybridized carbons (Fsp3) is 0. The van der Waals surface area contributed by atoms with Crippen LogP contribution in [0.1, 0.15) is 5.56 Å². The molecule has 0 saturated carbocycles. The van der Waals surface area contributed by atoms with E-state index < -0.39 is 0 Å². The fourth-order valence-electron chi connectivity index (χ4n) is 2.19. The number of hydrogen-bond acceptors (Lipinski definition) is 2. The molecule has 0 aliphatic carbocycles. The van der Waals surface area contributed by atoms with Gasteiger partial charge in [0, 0.05) is 34.9 Å². The standard InChI is InChI=1S/C18H12Cl2N2O/c19-15-6-4-12(10-16(15)20)5-7-18(23)22-17-3-1-2-13-11-21-9-8-14(13)17/h1-11H,(H,22,23)/b7-5+. The molecular formula is C18H12Cl2N2O. The minimum absolute atomic E-state index is 0.222. The van der Waals surface area contributed by atoms with E-state index in [1.807, 2.05) is 24.3 Å². The number of carbonyl (C=O) groups is 1. The van der Waals surface area contributed by atoms with Gasteiger partial charge in [0.05, 0.1) is 10.0 Å². The maximum atomic E-state index is 12.1. The second-order valence-corrected chi connectivity index (χ2v) is 5.71. The molecular weight excluding hydrogens is 331 g/mol. The van der Waals surface area contributed by atoms with Crippen molar-refractivity contribution in [3.63, 3.8) is 0 Å². The predicted octanol–water partition coefficient (Wildman–Crippen LogP) is 5.19. The molecule has 5 heteroatoms. The summed E-state index contributed by atoms with van der Waals surface area (Å²) in [6.45, 7) is 0. The zero-order valence-electron chi connectivity index (χ0n) is 12.0.